The number of ether oxygens (including phenoxy) is 2. The maximum atomic E-state index is 14.0. The number of nitrogens with zero attached hydrogens (tertiary/aromatic N) is 2. The van der Waals surface area contributed by atoms with E-state index in [1.165, 1.54) is 0 Å². The molecule has 0 saturated carbocycles. The van der Waals surface area contributed by atoms with Crippen LogP contribution in [0.3, 0.4) is 0 Å². The maximum Gasteiger partial charge on any atom is 0.408 e. The normalized spacial score (nSPS) is 11.9. The molecule has 0 spiro atoms. The molecule has 11 nitrogen and oxygen atoms in total. The second-order valence-corrected chi connectivity index (χ2v) is 13.3. The van der Waals surface area contributed by atoms with Crippen LogP contribution in [0.1, 0.15) is 55.9 Å². The van der Waals surface area contributed by atoms with Crippen molar-refractivity contribution in [2.75, 3.05) is 17.2 Å². The van der Waals surface area contributed by atoms with Gasteiger partial charge in [0.15, 0.2) is 0 Å². The number of carbonyl (C=O) groups excluding carboxylic acids is 3. The molecule has 4 N–H and O–H groups in total. The van der Waals surface area contributed by atoms with Gasteiger partial charge in [-0.05, 0) is 55.9 Å². The molecule has 5 aromatic rings. The van der Waals surface area contributed by atoms with Gasteiger partial charge in [-0.3, -0.25) is 9.48 Å². The highest BCUT2D eigenvalue weighted by Gasteiger charge is 2.38. The van der Waals surface area contributed by atoms with Gasteiger partial charge in [-0.25, -0.2) is 9.59 Å². The van der Waals surface area contributed by atoms with Crippen LogP contribution in [0.2, 0.25) is 0 Å². The summed E-state index contributed by atoms with van der Waals surface area (Å²) >= 11 is 0. The molecule has 11 heteroatoms. The fraction of sp³-hybridized carbons (Fsp3) is 0.268. The number of aromatic nitrogens is 2. The molecule has 52 heavy (non-hydrogen) atoms. The van der Waals surface area contributed by atoms with Crippen molar-refractivity contribution in [1.29, 1.82) is 0 Å². The van der Waals surface area contributed by atoms with Crippen molar-refractivity contribution in [3.8, 4) is 0 Å². The van der Waals surface area contributed by atoms with Crippen LogP contribution in [0.5, 0.6) is 0 Å². The monoisotopic (exact) mass is 702 g/mol. The molecular weight excluding hydrogens is 656 g/mol. The number of alkyl carbamates (subject to hydrolysis) is 2. The average molecular weight is 703 g/mol. The highest BCUT2D eigenvalue weighted by Crippen LogP contribution is 2.41. The van der Waals surface area contributed by atoms with E-state index in [9.17, 15) is 14.4 Å². The first-order valence-corrected chi connectivity index (χ1v) is 17.3. The van der Waals surface area contributed by atoms with Gasteiger partial charge in [0.25, 0.3) is 0 Å². The molecule has 270 valence electrons. The van der Waals surface area contributed by atoms with Crippen molar-refractivity contribution in [2.45, 2.75) is 57.4 Å². The molecule has 0 aliphatic carbocycles. The number of amides is 3. The van der Waals surface area contributed by atoms with Crippen molar-refractivity contribution < 1.29 is 23.9 Å². The third-order valence-corrected chi connectivity index (χ3v) is 8.28. The van der Waals surface area contributed by atoms with Gasteiger partial charge in [-0.2, -0.15) is 5.10 Å². The molecule has 5 rings (SSSR count). The number of rotatable bonds is 14. The minimum atomic E-state index is -1.00. The average Bonchev–Trinajstić information content (AvgIpc) is 3.48. The minimum Gasteiger partial charge on any atom is -0.445 e. The largest absolute Gasteiger partial charge is 0.445 e. The van der Waals surface area contributed by atoms with Crippen molar-refractivity contribution >= 4 is 29.6 Å². The van der Waals surface area contributed by atoms with Crippen LogP contribution in [0, 0.1) is 0 Å². The predicted molar refractivity (Wildman–Crippen MR) is 202 cm³/mol. The number of anilines is 2. The van der Waals surface area contributed by atoms with Crippen LogP contribution in [0.4, 0.5) is 21.1 Å². The summed E-state index contributed by atoms with van der Waals surface area (Å²) in [5.74, 6) is 0.0663. The van der Waals surface area contributed by atoms with Crippen LogP contribution < -0.4 is 21.3 Å². The first-order valence-electron chi connectivity index (χ1n) is 17.3. The Morgan fingerprint density at radius 2 is 1.27 bits per heavy atom. The van der Waals surface area contributed by atoms with E-state index >= 15 is 0 Å². The van der Waals surface area contributed by atoms with Gasteiger partial charge < -0.3 is 30.7 Å². The first-order chi connectivity index (χ1) is 25.0. The number of hydrogen-bond donors (Lipinski definition) is 4. The van der Waals surface area contributed by atoms with Gasteiger partial charge in [0.1, 0.15) is 35.3 Å². The fourth-order valence-electron chi connectivity index (χ4n) is 5.84. The molecule has 0 fully saturated rings. The van der Waals surface area contributed by atoms with Crippen molar-refractivity contribution in [2.24, 2.45) is 7.05 Å². The Morgan fingerprint density at radius 3 is 1.79 bits per heavy atom. The predicted octanol–water partition coefficient (Wildman–Crippen LogP) is 7.36. The third kappa shape index (κ3) is 9.78. The van der Waals surface area contributed by atoms with E-state index in [4.69, 9.17) is 9.47 Å². The maximum absolute atomic E-state index is 14.0. The van der Waals surface area contributed by atoms with Crippen LogP contribution in [0.25, 0.3) is 0 Å². The van der Waals surface area contributed by atoms with Crippen LogP contribution in [-0.4, -0.2) is 46.1 Å². The van der Waals surface area contributed by atoms with E-state index < -0.39 is 35.3 Å². The van der Waals surface area contributed by atoms with Crippen molar-refractivity contribution in [3.63, 3.8) is 0 Å². The summed E-state index contributed by atoms with van der Waals surface area (Å²) < 4.78 is 12.4. The Morgan fingerprint density at radius 1 is 0.750 bits per heavy atom. The van der Waals surface area contributed by atoms with Crippen LogP contribution in [-0.2, 0) is 33.5 Å². The lowest BCUT2D eigenvalue weighted by Gasteiger charge is -2.38. The topological polar surface area (TPSA) is 136 Å². The van der Waals surface area contributed by atoms with E-state index in [1.807, 2.05) is 84.9 Å². The molecule has 0 aliphatic rings. The molecule has 1 aromatic heterocycles. The number of nitrogens with one attached hydrogen (secondary N) is 4. The molecule has 0 aliphatic heterocycles. The standard InChI is InChI=1S/C41H46N6O5/c1-40(2,3)52-38(49)42-27-17-26-34(45-39(50)51-29-30-18-9-5-10-19-30)37(48)44-35-28-43-47(4)36(35)46-41(31-20-11-6-12-21-31,32-22-13-7-14-23-32)33-24-15-8-16-25-33/h5-16,18-25,28,34,46H,17,26-27,29H2,1-4H3,(H,42,49)(H,44,48)(H,45,50)/t34-/m0/s1. The van der Waals surface area contributed by atoms with Crippen LogP contribution >= 0.6 is 0 Å². The first kappa shape index (κ1) is 37.2. The fourth-order valence-corrected chi connectivity index (χ4v) is 5.84. The minimum absolute atomic E-state index is 0.0401. The van der Waals surface area contributed by atoms with Crippen molar-refractivity contribution in [3.05, 3.63) is 150 Å². The van der Waals surface area contributed by atoms with Gasteiger partial charge in [0, 0.05) is 13.6 Å². The summed E-state index contributed by atoms with van der Waals surface area (Å²) in [4.78, 5) is 39.2. The lowest BCUT2D eigenvalue weighted by molar-refractivity contribution is -0.118. The second kappa shape index (κ2) is 17.2. The summed E-state index contributed by atoms with van der Waals surface area (Å²) in [6.45, 7) is 5.61. The van der Waals surface area contributed by atoms with E-state index in [2.05, 4.69) is 62.8 Å². The molecule has 3 amide bonds. The smallest absolute Gasteiger partial charge is 0.408 e. The molecule has 0 saturated heterocycles. The van der Waals surface area contributed by atoms with Gasteiger partial charge in [-0.1, -0.05) is 121 Å². The zero-order valence-corrected chi connectivity index (χ0v) is 30.0. The third-order valence-electron chi connectivity index (χ3n) is 8.28. The molecular formula is C41H46N6O5. The Kier molecular flexibility index (Phi) is 12.3. The highest BCUT2D eigenvalue weighted by atomic mass is 16.6. The van der Waals surface area contributed by atoms with Gasteiger partial charge in [0.05, 0.1) is 6.20 Å². The second-order valence-electron chi connectivity index (χ2n) is 13.3. The Labute approximate surface area is 304 Å². The summed E-state index contributed by atoms with van der Waals surface area (Å²) in [6, 6.07) is 38.5. The molecule has 0 bridgehead atoms. The number of aryl methyl sites for hydroxylation is 1. The Bertz CT molecular complexity index is 1800. The van der Waals surface area contributed by atoms with Gasteiger partial charge >= 0.3 is 12.2 Å². The lowest BCUT2D eigenvalue weighted by Crippen LogP contribution is -2.44. The molecule has 1 heterocycles. The summed E-state index contributed by atoms with van der Waals surface area (Å²) in [6.07, 6.45) is 0.833. The van der Waals surface area contributed by atoms with E-state index in [-0.39, 0.29) is 19.6 Å². The lowest BCUT2D eigenvalue weighted by atomic mass is 9.77. The molecule has 1 atom stereocenters. The van der Waals surface area contributed by atoms with Gasteiger partial charge in [-0.15, -0.1) is 0 Å². The molecule has 4 aromatic carbocycles. The van der Waals surface area contributed by atoms with Crippen LogP contribution in [0.15, 0.2) is 128 Å². The quantitative estimate of drug-likeness (QED) is 0.0702. The van der Waals surface area contributed by atoms with E-state index in [0.29, 0.717) is 17.9 Å². The van der Waals surface area contributed by atoms with Crippen molar-refractivity contribution in [1.82, 2.24) is 20.4 Å². The summed E-state index contributed by atoms with van der Waals surface area (Å²) in [5.41, 5.74) is 2.62. The Balaban J connectivity index is 1.41. The summed E-state index contributed by atoms with van der Waals surface area (Å²) in [7, 11) is 1.79. The SMILES string of the molecule is Cn1ncc(NC(=O)[C@H](CCCNC(=O)OC(C)(C)C)NC(=O)OCc2ccccc2)c1NC(c1ccccc1)(c1ccccc1)c1ccccc1. The highest BCUT2D eigenvalue weighted by molar-refractivity contribution is 5.98. The van der Waals surface area contributed by atoms with E-state index in [1.54, 1.807) is 38.7 Å². The molecule has 0 unspecified atom stereocenters. The number of benzene rings is 4. The number of hydrogen-bond acceptors (Lipinski definition) is 7. The summed E-state index contributed by atoms with van der Waals surface area (Å²) in [5, 5.41) is 16.7. The Hall–Kier alpha value is -6.10. The molecule has 0 radical (unpaired) electrons. The van der Waals surface area contributed by atoms with Gasteiger partial charge in [0.2, 0.25) is 5.91 Å². The van der Waals surface area contributed by atoms with E-state index in [0.717, 1.165) is 22.3 Å². The zero-order chi connectivity index (χ0) is 37.0. The number of carbonyl (C=O) groups is 3. The zero-order valence-electron chi connectivity index (χ0n) is 30.0.